The van der Waals surface area contributed by atoms with Crippen LogP contribution in [0.1, 0.15) is 43.0 Å². The summed E-state index contributed by atoms with van der Waals surface area (Å²) in [5, 5.41) is 22.9. The number of rotatable bonds is 5. The molecule has 3 N–H and O–H groups in total. The minimum absolute atomic E-state index is 0.0637. The number of hydrogen-bond donors (Lipinski definition) is 3. The molecule has 2 unspecified atom stereocenters. The SMILES string of the molecule is CC(NC(c1ccccc1)C1CC1)c1cc(O)cc(O)c1. The van der Waals surface area contributed by atoms with Crippen LogP contribution < -0.4 is 5.32 Å². The molecule has 0 bridgehead atoms. The van der Waals surface area contributed by atoms with Gasteiger partial charge in [-0.1, -0.05) is 30.3 Å². The monoisotopic (exact) mass is 283 g/mol. The van der Waals surface area contributed by atoms with E-state index in [1.807, 2.05) is 6.07 Å². The van der Waals surface area contributed by atoms with Gasteiger partial charge in [-0.15, -0.1) is 0 Å². The van der Waals surface area contributed by atoms with Gasteiger partial charge in [-0.25, -0.2) is 0 Å². The van der Waals surface area contributed by atoms with Gasteiger partial charge in [0.1, 0.15) is 11.5 Å². The van der Waals surface area contributed by atoms with Crippen LogP contribution >= 0.6 is 0 Å². The van der Waals surface area contributed by atoms with E-state index in [1.165, 1.54) is 24.5 Å². The minimum atomic E-state index is 0.0637. The average molecular weight is 283 g/mol. The first-order valence-electron chi connectivity index (χ1n) is 7.47. The van der Waals surface area contributed by atoms with E-state index in [1.54, 1.807) is 12.1 Å². The molecule has 0 heterocycles. The zero-order chi connectivity index (χ0) is 14.8. The molecule has 2 aromatic rings. The summed E-state index contributed by atoms with van der Waals surface area (Å²) in [6.45, 7) is 2.06. The molecule has 3 nitrogen and oxygen atoms in total. The van der Waals surface area contributed by atoms with Gasteiger partial charge >= 0.3 is 0 Å². The molecule has 3 rings (SSSR count). The number of phenols is 2. The molecular weight excluding hydrogens is 262 g/mol. The van der Waals surface area contributed by atoms with Crippen LogP contribution in [0.3, 0.4) is 0 Å². The lowest BCUT2D eigenvalue weighted by Crippen LogP contribution is -2.26. The van der Waals surface area contributed by atoms with Gasteiger partial charge in [-0.3, -0.25) is 0 Å². The Kier molecular flexibility index (Phi) is 3.84. The maximum atomic E-state index is 9.63. The Hall–Kier alpha value is -2.00. The molecule has 2 atom stereocenters. The molecular formula is C18H21NO2. The standard InChI is InChI=1S/C18H21NO2/c1-12(15-9-16(20)11-17(21)10-15)19-18(14-7-8-14)13-5-3-2-4-6-13/h2-6,9-12,14,18-21H,7-8H2,1H3. The third kappa shape index (κ3) is 3.37. The predicted octanol–water partition coefficient (Wildman–Crippen LogP) is 3.90. The van der Waals surface area contributed by atoms with Crippen molar-refractivity contribution in [2.75, 3.05) is 0 Å². The van der Waals surface area contributed by atoms with Crippen LogP contribution in [-0.4, -0.2) is 10.2 Å². The second kappa shape index (κ2) is 5.78. The lowest BCUT2D eigenvalue weighted by Gasteiger charge is -2.24. The van der Waals surface area contributed by atoms with E-state index in [0.29, 0.717) is 12.0 Å². The summed E-state index contributed by atoms with van der Waals surface area (Å²) in [6, 6.07) is 15.6. The van der Waals surface area contributed by atoms with Crippen molar-refractivity contribution in [2.24, 2.45) is 5.92 Å². The Morgan fingerprint density at radius 3 is 2.14 bits per heavy atom. The third-order valence-electron chi connectivity index (χ3n) is 4.11. The number of hydrogen-bond acceptors (Lipinski definition) is 3. The fraction of sp³-hybridized carbons (Fsp3) is 0.333. The highest BCUT2D eigenvalue weighted by Gasteiger charge is 2.33. The van der Waals surface area contributed by atoms with E-state index < -0.39 is 0 Å². The number of benzene rings is 2. The quantitative estimate of drug-likeness (QED) is 0.780. The Balaban J connectivity index is 1.79. The lowest BCUT2D eigenvalue weighted by molar-refractivity contribution is 0.418. The first kappa shape index (κ1) is 14.0. The first-order chi connectivity index (χ1) is 10.1. The van der Waals surface area contributed by atoms with Crippen LogP contribution in [0.4, 0.5) is 0 Å². The van der Waals surface area contributed by atoms with Crippen molar-refractivity contribution in [3.8, 4) is 11.5 Å². The molecule has 3 heteroatoms. The van der Waals surface area contributed by atoms with Crippen LogP contribution in [0.5, 0.6) is 11.5 Å². The number of nitrogens with one attached hydrogen (secondary N) is 1. The summed E-state index contributed by atoms with van der Waals surface area (Å²) < 4.78 is 0. The lowest BCUT2D eigenvalue weighted by atomic mass is 9.99. The van der Waals surface area contributed by atoms with Gasteiger partial charge in [0.25, 0.3) is 0 Å². The molecule has 0 aromatic heterocycles. The van der Waals surface area contributed by atoms with Gasteiger partial charge in [-0.05, 0) is 48.9 Å². The molecule has 110 valence electrons. The Labute approximate surface area is 125 Å². The highest BCUT2D eigenvalue weighted by Crippen LogP contribution is 2.42. The van der Waals surface area contributed by atoms with E-state index in [0.717, 1.165) is 5.56 Å². The Morgan fingerprint density at radius 1 is 0.952 bits per heavy atom. The molecule has 2 aromatic carbocycles. The minimum Gasteiger partial charge on any atom is -0.508 e. The summed E-state index contributed by atoms with van der Waals surface area (Å²) in [5.41, 5.74) is 2.20. The molecule has 0 amide bonds. The van der Waals surface area contributed by atoms with Crippen molar-refractivity contribution >= 4 is 0 Å². The van der Waals surface area contributed by atoms with E-state index in [4.69, 9.17) is 0 Å². The average Bonchev–Trinajstić information content (AvgIpc) is 3.29. The fourth-order valence-corrected chi connectivity index (χ4v) is 2.83. The number of phenolic OH excluding ortho intramolecular Hbond substituents is 2. The van der Waals surface area contributed by atoms with Crippen molar-refractivity contribution in [3.63, 3.8) is 0 Å². The van der Waals surface area contributed by atoms with Crippen LogP contribution in [-0.2, 0) is 0 Å². The predicted molar refractivity (Wildman–Crippen MR) is 83.2 cm³/mol. The van der Waals surface area contributed by atoms with Gasteiger partial charge in [0.2, 0.25) is 0 Å². The summed E-state index contributed by atoms with van der Waals surface area (Å²) in [7, 11) is 0. The van der Waals surface area contributed by atoms with Crippen LogP contribution in [0, 0.1) is 5.92 Å². The van der Waals surface area contributed by atoms with Crippen molar-refractivity contribution in [3.05, 3.63) is 59.7 Å². The maximum absolute atomic E-state index is 9.63. The van der Waals surface area contributed by atoms with E-state index in [2.05, 4.69) is 36.5 Å². The van der Waals surface area contributed by atoms with Crippen LogP contribution in [0.25, 0.3) is 0 Å². The second-order valence-electron chi connectivity index (χ2n) is 5.90. The molecule has 1 saturated carbocycles. The summed E-state index contributed by atoms with van der Waals surface area (Å²) in [5.74, 6) is 0.878. The van der Waals surface area contributed by atoms with Gasteiger partial charge < -0.3 is 15.5 Å². The topological polar surface area (TPSA) is 52.5 Å². The largest absolute Gasteiger partial charge is 0.508 e. The molecule has 0 radical (unpaired) electrons. The van der Waals surface area contributed by atoms with Crippen molar-refractivity contribution in [2.45, 2.75) is 31.8 Å². The maximum Gasteiger partial charge on any atom is 0.119 e. The molecule has 0 aliphatic heterocycles. The zero-order valence-corrected chi connectivity index (χ0v) is 12.2. The van der Waals surface area contributed by atoms with Gasteiger partial charge in [0.05, 0.1) is 0 Å². The molecule has 1 fully saturated rings. The highest BCUT2D eigenvalue weighted by atomic mass is 16.3. The normalized spacial score (nSPS) is 17.4. The third-order valence-corrected chi connectivity index (χ3v) is 4.11. The van der Waals surface area contributed by atoms with Gasteiger partial charge in [-0.2, -0.15) is 0 Å². The molecule has 1 aliphatic carbocycles. The van der Waals surface area contributed by atoms with Crippen LogP contribution in [0.15, 0.2) is 48.5 Å². The van der Waals surface area contributed by atoms with Gasteiger partial charge in [0.15, 0.2) is 0 Å². The molecule has 0 saturated heterocycles. The molecule has 1 aliphatic rings. The summed E-state index contributed by atoms with van der Waals surface area (Å²) in [4.78, 5) is 0. The summed E-state index contributed by atoms with van der Waals surface area (Å²) in [6.07, 6.45) is 2.51. The first-order valence-corrected chi connectivity index (χ1v) is 7.47. The number of aromatic hydroxyl groups is 2. The van der Waals surface area contributed by atoms with Crippen molar-refractivity contribution in [1.82, 2.24) is 5.32 Å². The smallest absolute Gasteiger partial charge is 0.119 e. The van der Waals surface area contributed by atoms with Gasteiger partial charge in [0, 0.05) is 18.2 Å². The summed E-state index contributed by atoms with van der Waals surface area (Å²) >= 11 is 0. The van der Waals surface area contributed by atoms with E-state index >= 15 is 0 Å². The van der Waals surface area contributed by atoms with E-state index in [9.17, 15) is 10.2 Å². The van der Waals surface area contributed by atoms with Crippen molar-refractivity contribution in [1.29, 1.82) is 0 Å². The second-order valence-corrected chi connectivity index (χ2v) is 5.90. The van der Waals surface area contributed by atoms with Crippen molar-refractivity contribution < 1.29 is 10.2 Å². The van der Waals surface area contributed by atoms with Crippen LogP contribution in [0.2, 0.25) is 0 Å². The molecule has 0 spiro atoms. The Morgan fingerprint density at radius 2 is 1.57 bits per heavy atom. The van der Waals surface area contributed by atoms with E-state index in [-0.39, 0.29) is 17.5 Å². The fourth-order valence-electron chi connectivity index (χ4n) is 2.83. The Bertz CT molecular complexity index is 588. The zero-order valence-electron chi connectivity index (χ0n) is 12.2. The molecule has 21 heavy (non-hydrogen) atoms. The highest BCUT2D eigenvalue weighted by molar-refractivity contribution is 5.38.